The fraction of sp³-hybridized carbons (Fsp3) is 0.294. The molecule has 3 aromatic rings. The Morgan fingerprint density at radius 3 is 2.77 bits per heavy atom. The van der Waals surface area contributed by atoms with Gasteiger partial charge in [-0.25, -0.2) is 9.37 Å². The van der Waals surface area contributed by atoms with Crippen molar-refractivity contribution in [1.82, 2.24) is 20.0 Å². The van der Waals surface area contributed by atoms with Crippen LogP contribution in [0.25, 0.3) is 0 Å². The molecule has 0 radical (unpaired) electrons. The van der Waals surface area contributed by atoms with Crippen molar-refractivity contribution in [2.45, 2.75) is 27.0 Å². The first-order chi connectivity index (χ1) is 12.6. The summed E-state index contributed by atoms with van der Waals surface area (Å²) in [5.41, 5.74) is 0.121. The van der Waals surface area contributed by atoms with E-state index in [0.29, 0.717) is 18.3 Å². The number of benzene rings is 1. The first-order valence-corrected chi connectivity index (χ1v) is 7.97. The van der Waals surface area contributed by atoms with Crippen LogP contribution in [0.3, 0.4) is 0 Å². The number of rotatable bonds is 7. The van der Waals surface area contributed by atoms with E-state index in [9.17, 15) is 9.18 Å². The van der Waals surface area contributed by atoms with Crippen molar-refractivity contribution in [3.8, 4) is 5.75 Å². The molecular weight excluding hydrogens is 343 g/mol. The van der Waals surface area contributed by atoms with Gasteiger partial charge in [0.05, 0.1) is 0 Å². The third kappa shape index (κ3) is 4.05. The number of hydrogen-bond donors (Lipinski definition) is 0. The number of carbonyl (C=O) groups is 1. The molecule has 26 heavy (non-hydrogen) atoms. The van der Waals surface area contributed by atoms with Crippen molar-refractivity contribution < 1.29 is 22.9 Å². The lowest BCUT2D eigenvalue weighted by Crippen LogP contribution is -2.30. The van der Waals surface area contributed by atoms with Crippen LogP contribution in [0.1, 0.15) is 35.0 Å². The second kappa shape index (κ2) is 7.77. The summed E-state index contributed by atoms with van der Waals surface area (Å²) >= 11 is 0. The van der Waals surface area contributed by atoms with E-state index in [-0.39, 0.29) is 36.4 Å². The van der Waals surface area contributed by atoms with Gasteiger partial charge in [-0.3, -0.25) is 4.79 Å². The lowest BCUT2D eigenvalue weighted by Gasteiger charge is -2.16. The van der Waals surface area contributed by atoms with Gasteiger partial charge in [0.1, 0.15) is 12.8 Å². The number of para-hydroxylation sites is 1. The number of ether oxygens (including phenoxy) is 1. The third-order valence-electron chi connectivity index (χ3n) is 3.52. The van der Waals surface area contributed by atoms with E-state index in [0.717, 1.165) is 0 Å². The minimum atomic E-state index is -0.484. The van der Waals surface area contributed by atoms with Gasteiger partial charge in [0.15, 0.2) is 29.7 Å². The lowest BCUT2D eigenvalue weighted by molar-refractivity contribution is 0.0728. The molecule has 2 aromatic heterocycles. The van der Waals surface area contributed by atoms with E-state index < -0.39 is 5.82 Å². The Kier molecular flexibility index (Phi) is 5.26. The molecule has 3 rings (SSSR count). The fourth-order valence-electron chi connectivity index (χ4n) is 2.23. The molecule has 0 saturated carbocycles. The number of oxazole rings is 1. The largest absolute Gasteiger partial charge is 0.481 e. The highest BCUT2D eigenvalue weighted by molar-refractivity contribution is 5.91. The van der Waals surface area contributed by atoms with Crippen LogP contribution >= 0.6 is 0 Å². The van der Waals surface area contributed by atoms with Gasteiger partial charge in [-0.05, 0) is 26.0 Å². The minimum absolute atomic E-state index is 0.0838. The number of amides is 1. The fourth-order valence-corrected chi connectivity index (χ4v) is 2.23. The predicted molar refractivity (Wildman–Crippen MR) is 86.7 cm³/mol. The minimum Gasteiger partial charge on any atom is -0.481 e. The molecular formula is C17H17FN4O4. The smallest absolute Gasteiger partial charge is 0.276 e. The quantitative estimate of drug-likeness (QED) is 0.639. The molecule has 136 valence electrons. The second-order valence-electron chi connectivity index (χ2n) is 5.40. The summed E-state index contributed by atoms with van der Waals surface area (Å²) in [6, 6.07) is 6.00. The maximum atomic E-state index is 13.5. The average Bonchev–Trinajstić information content (AvgIpc) is 3.27. The molecule has 0 N–H and O–H groups in total. The van der Waals surface area contributed by atoms with Crippen molar-refractivity contribution in [3.63, 3.8) is 0 Å². The van der Waals surface area contributed by atoms with E-state index in [2.05, 4.69) is 15.1 Å². The van der Waals surface area contributed by atoms with Gasteiger partial charge in [0, 0.05) is 6.54 Å². The van der Waals surface area contributed by atoms with Crippen LogP contribution < -0.4 is 4.74 Å². The van der Waals surface area contributed by atoms with Crippen molar-refractivity contribution in [3.05, 3.63) is 59.6 Å². The Hall–Kier alpha value is -3.23. The van der Waals surface area contributed by atoms with Crippen LogP contribution in [0.4, 0.5) is 4.39 Å². The molecule has 8 nitrogen and oxygen atoms in total. The summed E-state index contributed by atoms with van der Waals surface area (Å²) in [6.45, 7) is 4.02. The predicted octanol–water partition coefficient (Wildman–Crippen LogP) is 2.75. The van der Waals surface area contributed by atoms with E-state index in [1.807, 2.05) is 6.92 Å². The van der Waals surface area contributed by atoms with Gasteiger partial charge in [-0.2, -0.15) is 4.98 Å². The molecule has 0 saturated heterocycles. The van der Waals surface area contributed by atoms with Crippen molar-refractivity contribution in [1.29, 1.82) is 0 Å². The van der Waals surface area contributed by atoms with E-state index in [4.69, 9.17) is 13.7 Å². The summed E-state index contributed by atoms with van der Waals surface area (Å²) in [7, 11) is 0. The zero-order valence-corrected chi connectivity index (χ0v) is 14.3. The maximum absolute atomic E-state index is 13.5. The van der Waals surface area contributed by atoms with Crippen LogP contribution in [0.2, 0.25) is 0 Å². The highest BCUT2D eigenvalue weighted by Gasteiger charge is 2.21. The number of carbonyl (C=O) groups excluding carboxylic acids is 1. The molecule has 0 fully saturated rings. The van der Waals surface area contributed by atoms with Gasteiger partial charge in [-0.1, -0.05) is 17.3 Å². The van der Waals surface area contributed by atoms with E-state index in [1.165, 1.54) is 23.3 Å². The van der Waals surface area contributed by atoms with E-state index >= 15 is 0 Å². The van der Waals surface area contributed by atoms with Crippen molar-refractivity contribution in [2.75, 3.05) is 6.54 Å². The average molecular weight is 360 g/mol. The summed E-state index contributed by atoms with van der Waals surface area (Å²) in [4.78, 5) is 22.2. The Morgan fingerprint density at radius 2 is 2.08 bits per heavy atom. The summed E-state index contributed by atoms with van der Waals surface area (Å²) < 4.78 is 29.1. The van der Waals surface area contributed by atoms with E-state index in [1.54, 1.807) is 19.1 Å². The highest BCUT2D eigenvalue weighted by Crippen LogP contribution is 2.17. The molecule has 9 heteroatoms. The third-order valence-corrected chi connectivity index (χ3v) is 3.52. The zero-order valence-electron chi connectivity index (χ0n) is 14.3. The van der Waals surface area contributed by atoms with Crippen LogP contribution in [0, 0.1) is 12.7 Å². The number of aryl methyl sites for hydroxylation is 1. The second-order valence-corrected chi connectivity index (χ2v) is 5.40. The van der Waals surface area contributed by atoms with Gasteiger partial charge in [0.25, 0.3) is 5.91 Å². The van der Waals surface area contributed by atoms with Crippen LogP contribution in [-0.4, -0.2) is 32.5 Å². The first-order valence-electron chi connectivity index (χ1n) is 7.97. The molecule has 0 aliphatic rings. The summed E-state index contributed by atoms with van der Waals surface area (Å²) in [5, 5.41) is 3.70. The topological polar surface area (TPSA) is 94.5 Å². The summed E-state index contributed by atoms with van der Waals surface area (Å²) in [5.74, 6) is 0.259. The van der Waals surface area contributed by atoms with Crippen LogP contribution in [0.5, 0.6) is 5.75 Å². The maximum Gasteiger partial charge on any atom is 0.276 e. The number of aromatic nitrogens is 3. The highest BCUT2D eigenvalue weighted by atomic mass is 19.1. The molecule has 0 unspecified atom stereocenters. The molecule has 0 spiro atoms. The summed E-state index contributed by atoms with van der Waals surface area (Å²) in [6.07, 6.45) is 1.24. The molecule has 2 heterocycles. The standard InChI is InChI=1S/C17H17FN4O4/c1-3-22(8-15-19-11(2)21-26-15)17(23)13-9-25-16(20-13)10-24-14-7-5-4-6-12(14)18/h4-7,9H,3,8,10H2,1-2H3. The van der Waals surface area contributed by atoms with Gasteiger partial charge >= 0.3 is 0 Å². The molecule has 0 aliphatic carbocycles. The Morgan fingerprint density at radius 1 is 1.27 bits per heavy atom. The molecule has 0 aliphatic heterocycles. The van der Waals surface area contributed by atoms with Crippen LogP contribution in [-0.2, 0) is 13.2 Å². The molecule has 1 amide bonds. The molecule has 0 atom stereocenters. The lowest BCUT2D eigenvalue weighted by atomic mass is 10.3. The number of hydrogen-bond acceptors (Lipinski definition) is 7. The first kappa shape index (κ1) is 17.6. The zero-order chi connectivity index (χ0) is 18.5. The van der Waals surface area contributed by atoms with Gasteiger partial charge in [-0.15, -0.1) is 0 Å². The molecule has 1 aromatic carbocycles. The Bertz CT molecular complexity index is 892. The molecule has 0 bridgehead atoms. The van der Waals surface area contributed by atoms with Crippen molar-refractivity contribution >= 4 is 5.91 Å². The number of halogens is 1. The Balaban J connectivity index is 1.64. The number of nitrogens with zero attached hydrogens (tertiary/aromatic N) is 4. The van der Waals surface area contributed by atoms with Gasteiger partial charge < -0.3 is 18.6 Å². The Labute approximate surface area is 148 Å². The van der Waals surface area contributed by atoms with Crippen LogP contribution in [0.15, 0.2) is 39.5 Å². The SMILES string of the molecule is CCN(Cc1nc(C)no1)C(=O)c1coc(COc2ccccc2F)n1. The van der Waals surface area contributed by atoms with Gasteiger partial charge in [0.2, 0.25) is 11.8 Å². The normalized spacial score (nSPS) is 10.7. The monoisotopic (exact) mass is 360 g/mol. The van der Waals surface area contributed by atoms with Crippen molar-refractivity contribution in [2.24, 2.45) is 0 Å².